The van der Waals surface area contributed by atoms with Gasteiger partial charge < -0.3 is 10.5 Å². The molecule has 1 aromatic rings. The van der Waals surface area contributed by atoms with E-state index in [-0.39, 0.29) is 6.04 Å². The molecule has 116 valence electrons. The van der Waals surface area contributed by atoms with E-state index in [9.17, 15) is 0 Å². The number of nitrogens with zero attached hydrogens (tertiary/aromatic N) is 1. The molecule has 3 heteroatoms. The van der Waals surface area contributed by atoms with Gasteiger partial charge in [-0.1, -0.05) is 19.9 Å². The molecule has 1 aromatic carbocycles. The largest absolute Gasteiger partial charge is 0.497 e. The molecule has 0 radical (unpaired) electrons. The van der Waals surface area contributed by atoms with Crippen LogP contribution in [0.4, 0.5) is 0 Å². The molecule has 0 spiro atoms. The van der Waals surface area contributed by atoms with Crippen LogP contribution in [0.5, 0.6) is 5.75 Å². The second kappa shape index (κ2) is 5.62. The van der Waals surface area contributed by atoms with Crippen molar-refractivity contribution in [3.05, 3.63) is 29.3 Å². The first-order chi connectivity index (χ1) is 10.00. The minimum atomic E-state index is 0.109. The molecular weight excluding hydrogens is 260 g/mol. The second-order valence-electron chi connectivity index (χ2n) is 7.43. The van der Waals surface area contributed by atoms with Crippen molar-refractivity contribution in [2.45, 2.75) is 51.6 Å². The number of rotatable bonds is 2. The predicted molar refractivity (Wildman–Crippen MR) is 86.6 cm³/mol. The highest BCUT2D eigenvalue weighted by atomic mass is 16.5. The molecular formula is C18H28N2O. The topological polar surface area (TPSA) is 38.5 Å². The van der Waals surface area contributed by atoms with Crippen molar-refractivity contribution in [2.75, 3.05) is 20.2 Å². The van der Waals surface area contributed by atoms with Crippen LogP contribution < -0.4 is 10.5 Å². The summed E-state index contributed by atoms with van der Waals surface area (Å²) < 4.78 is 5.37. The summed E-state index contributed by atoms with van der Waals surface area (Å²) in [5.41, 5.74) is 9.74. The number of aryl methyl sites for hydroxylation is 1. The molecule has 3 nitrogen and oxygen atoms in total. The lowest BCUT2D eigenvalue weighted by molar-refractivity contribution is 0.0598. The molecule has 1 aliphatic heterocycles. The van der Waals surface area contributed by atoms with Gasteiger partial charge in [0.1, 0.15) is 5.75 Å². The van der Waals surface area contributed by atoms with E-state index >= 15 is 0 Å². The standard InChI is InChI=1S/C18H28N2O/c1-18(2)9-4-10-20(12-18)16-8-6-13-5-7-14(21-3)11-15(13)17(16)19/h5,7,11,16-17H,4,6,8-10,12,19H2,1-3H3. The number of hydrogen-bond donors (Lipinski definition) is 1. The van der Waals surface area contributed by atoms with Crippen LogP contribution in [0.3, 0.4) is 0 Å². The summed E-state index contributed by atoms with van der Waals surface area (Å²) >= 11 is 0. The second-order valence-corrected chi connectivity index (χ2v) is 7.43. The lowest BCUT2D eigenvalue weighted by Crippen LogP contribution is -2.51. The normalized spacial score (nSPS) is 29.0. The van der Waals surface area contributed by atoms with Gasteiger partial charge in [-0.15, -0.1) is 0 Å². The SMILES string of the molecule is COc1ccc2c(c1)C(N)C(N1CCCC(C)(C)C1)CC2. The summed E-state index contributed by atoms with van der Waals surface area (Å²) in [6, 6.07) is 6.96. The summed E-state index contributed by atoms with van der Waals surface area (Å²) in [4.78, 5) is 2.64. The Morgan fingerprint density at radius 3 is 2.86 bits per heavy atom. The molecule has 3 rings (SSSR count). The average Bonchev–Trinajstić information content (AvgIpc) is 2.46. The minimum absolute atomic E-state index is 0.109. The first-order valence-corrected chi connectivity index (χ1v) is 8.17. The van der Waals surface area contributed by atoms with E-state index in [0.717, 1.165) is 12.2 Å². The van der Waals surface area contributed by atoms with Crippen LogP contribution in [-0.2, 0) is 6.42 Å². The first-order valence-electron chi connectivity index (χ1n) is 8.17. The Hall–Kier alpha value is -1.06. The van der Waals surface area contributed by atoms with E-state index in [1.807, 2.05) is 0 Å². The Kier molecular flexibility index (Phi) is 3.98. The zero-order chi connectivity index (χ0) is 15.0. The van der Waals surface area contributed by atoms with Crippen LogP contribution in [0.15, 0.2) is 18.2 Å². The van der Waals surface area contributed by atoms with Gasteiger partial charge in [0, 0.05) is 18.6 Å². The maximum atomic E-state index is 6.64. The van der Waals surface area contributed by atoms with Crippen molar-refractivity contribution in [3.8, 4) is 5.75 Å². The van der Waals surface area contributed by atoms with Crippen LogP contribution in [0, 0.1) is 5.41 Å². The molecule has 0 aromatic heterocycles. The molecule has 2 atom stereocenters. The van der Waals surface area contributed by atoms with Gasteiger partial charge in [-0.3, -0.25) is 4.90 Å². The summed E-state index contributed by atoms with van der Waals surface area (Å²) in [7, 11) is 1.72. The molecule has 1 aliphatic carbocycles. The van der Waals surface area contributed by atoms with E-state index in [1.54, 1.807) is 7.11 Å². The zero-order valence-corrected chi connectivity index (χ0v) is 13.6. The number of ether oxygens (including phenoxy) is 1. The molecule has 0 bridgehead atoms. The van der Waals surface area contributed by atoms with Crippen molar-refractivity contribution in [3.63, 3.8) is 0 Å². The molecule has 1 saturated heterocycles. The number of hydrogen-bond acceptors (Lipinski definition) is 3. The smallest absolute Gasteiger partial charge is 0.119 e. The Bertz CT molecular complexity index is 512. The fourth-order valence-corrected chi connectivity index (χ4v) is 4.09. The van der Waals surface area contributed by atoms with Gasteiger partial charge in [-0.2, -0.15) is 0 Å². The van der Waals surface area contributed by atoms with Gasteiger partial charge in [0.05, 0.1) is 7.11 Å². The summed E-state index contributed by atoms with van der Waals surface area (Å²) in [5.74, 6) is 0.920. The van der Waals surface area contributed by atoms with Gasteiger partial charge >= 0.3 is 0 Å². The molecule has 2 N–H and O–H groups in total. The van der Waals surface area contributed by atoms with Crippen molar-refractivity contribution >= 4 is 0 Å². The minimum Gasteiger partial charge on any atom is -0.497 e. The van der Waals surface area contributed by atoms with Crippen molar-refractivity contribution in [2.24, 2.45) is 11.1 Å². The zero-order valence-electron chi connectivity index (χ0n) is 13.6. The van der Waals surface area contributed by atoms with Crippen LogP contribution >= 0.6 is 0 Å². The summed E-state index contributed by atoms with van der Waals surface area (Å²) in [5, 5.41) is 0. The highest BCUT2D eigenvalue weighted by Gasteiger charge is 2.36. The van der Waals surface area contributed by atoms with Gasteiger partial charge in [-0.05, 0) is 60.9 Å². The van der Waals surface area contributed by atoms with E-state index in [2.05, 4.69) is 36.9 Å². The van der Waals surface area contributed by atoms with Crippen molar-refractivity contribution < 1.29 is 4.74 Å². The average molecular weight is 288 g/mol. The quantitative estimate of drug-likeness (QED) is 0.908. The lowest BCUT2D eigenvalue weighted by atomic mass is 9.79. The maximum absolute atomic E-state index is 6.64. The molecule has 0 amide bonds. The number of nitrogens with two attached hydrogens (primary N) is 1. The van der Waals surface area contributed by atoms with Crippen LogP contribution in [-0.4, -0.2) is 31.1 Å². The fraction of sp³-hybridized carbons (Fsp3) is 0.667. The van der Waals surface area contributed by atoms with Crippen LogP contribution in [0.2, 0.25) is 0 Å². The molecule has 1 heterocycles. The number of likely N-dealkylation sites (tertiary alicyclic amines) is 1. The number of benzene rings is 1. The van der Waals surface area contributed by atoms with Crippen LogP contribution in [0.1, 0.15) is 50.3 Å². The molecule has 1 fully saturated rings. The van der Waals surface area contributed by atoms with E-state index in [0.29, 0.717) is 11.5 Å². The Morgan fingerprint density at radius 1 is 1.33 bits per heavy atom. The Morgan fingerprint density at radius 2 is 2.14 bits per heavy atom. The van der Waals surface area contributed by atoms with E-state index in [1.165, 1.54) is 43.5 Å². The Labute approximate surface area is 128 Å². The molecule has 0 saturated carbocycles. The van der Waals surface area contributed by atoms with Gasteiger partial charge in [0.25, 0.3) is 0 Å². The summed E-state index contributed by atoms with van der Waals surface area (Å²) in [6.07, 6.45) is 4.93. The van der Waals surface area contributed by atoms with Gasteiger partial charge in [0.2, 0.25) is 0 Å². The number of fused-ring (bicyclic) bond motifs is 1. The third-order valence-electron chi connectivity index (χ3n) is 5.24. The molecule has 2 aliphatic rings. The number of piperidine rings is 1. The van der Waals surface area contributed by atoms with Gasteiger partial charge in [0.15, 0.2) is 0 Å². The Balaban J connectivity index is 1.82. The van der Waals surface area contributed by atoms with Crippen molar-refractivity contribution in [1.82, 2.24) is 4.90 Å². The monoisotopic (exact) mass is 288 g/mol. The summed E-state index contributed by atoms with van der Waals surface area (Å²) in [6.45, 7) is 7.13. The molecule has 2 unspecified atom stereocenters. The predicted octanol–water partition coefficient (Wildman–Crippen LogP) is 3.13. The third-order valence-corrected chi connectivity index (χ3v) is 5.24. The first kappa shape index (κ1) is 14.9. The van der Waals surface area contributed by atoms with Crippen molar-refractivity contribution in [1.29, 1.82) is 0 Å². The third kappa shape index (κ3) is 2.95. The van der Waals surface area contributed by atoms with E-state index < -0.39 is 0 Å². The fourth-order valence-electron chi connectivity index (χ4n) is 4.09. The highest BCUT2D eigenvalue weighted by Crippen LogP contribution is 2.37. The van der Waals surface area contributed by atoms with Crippen LogP contribution in [0.25, 0.3) is 0 Å². The number of methoxy groups -OCH3 is 1. The lowest BCUT2D eigenvalue weighted by Gasteiger charge is -2.46. The maximum Gasteiger partial charge on any atom is 0.119 e. The van der Waals surface area contributed by atoms with E-state index in [4.69, 9.17) is 10.5 Å². The van der Waals surface area contributed by atoms with Gasteiger partial charge in [-0.25, -0.2) is 0 Å². The highest BCUT2D eigenvalue weighted by molar-refractivity contribution is 5.40. The molecule has 21 heavy (non-hydrogen) atoms.